The summed E-state index contributed by atoms with van der Waals surface area (Å²) < 4.78 is 85.1. The van der Waals surface area contributed by atoms with Gasteiger partial charge in [0.15, 0.2) is 24.2 Å². The van der Waals surface area contributed by atoms with Crippen LogP contribution in [-0.2, 0) is 4.74 Å². The van der Waals surface area contributed by atoms with Crippen molar-refractivity contribution in [1.29, 1.82) is 0 Å². The zero-order chi connectivity index (χ0) is 35.4. The van der Waals surface area contributed by atoms with E-state index in [2.05, 4.69) is 19.9 Å². The molecule has 3 aliphatic rings. The van der Waals surface area contributed by atoms with Crippen molar-refractivity contribution in [3.8, 4) is 28.9 Å². The highest BCUT2D eigenvalue weighted by molar-refractivity contribution is 6.02. The maximum Gasteiger partial charge on any atom is 0.319 e. The Morgan fingerprint density at radius 2 is 1.92 bits per heavy atom. The van der Waals surface area contributed by atoms with Gasteiger partial charge in [0.25, 0.3) is 0 Å². The highest BCUT2D eigenvalue weighted by Gasteiger charge is 2.49. The Kier molecular flexibility index (Phi) is 8.41. The van der Waals surface area contributed by atoms with Crippen LogP contribution in [0.25, 0.3) is 32.9 Å². The first-order chi connectivity index (χ1) is 24.7. The van der Waals surface area contributed by atoms with Crippen molar-refractivity contribution in [3.05, 3.63) is 65.6 Å². The van der Waals surface area contributed by atoms with Crippen molar-refractivity contribution in [2.45, 2.75) is 43.9 Å². The average Bonchev–Trinajstić information content (AvgIpc) is 3.58. The second-order valence-electron chi connectivity index (χ2n) is 13.2. The molecule has 0 bridgehead atoms. The van der Waals surface area contributed by atoms with Gasteiger partial charge < -0.3 is 29.6 Å². The number of fused-ring (bicyclic) bond motifs is 2. The summed E-state index contributed by atoms with van der Waals surface area (Å²) in [5.74, 6) is -2.46. The first-order valence-corrected chi connectivity index (χ1v) is 16.7. The zero-order valence-electron chi connectivity index (χ0n) is 28.0. The molecule has 0 aliphatic carbocycles. The Morgan fingerprint density at radius 1 is 1.06 bits per heavy atom. The fourth-order valence-corrected chi connectivity index (χ4v) is 7.75. The molecule has 0 amide bonds. The quantitative estimate of drug-likeness (QED) is 0.141. The Hall–Kier alpha value is -5.02. The number of rotatable bonds is 9. The number of aromatic nitrogens is 4. The molecule has 11 nitrogen and oxygen atoms in total. The minimum absolute atomic E-state index is 0.0124. The van der Waals surface area contributed by atoms with Crippen molar-refractivity contribution in [1.82, 2.24) is 24.8 Å². The van der Waals surface area contributed by atoms with Crippen LogP contribution in [0.15, 0.2) is 42.6 Å². The lowest BCUT2D eigenvalue weighted by Gasteiger charge is -2.32. The van der Waals surface area contributed by atoms with E-state index in [4.69, 9.17) is 29.7 Å². The van der Waals surface area contributed by atoms with E-state index < -0.39 is 35.2 Å². The molecule has 3 aliphatic heterocycles. The van der Waals surface area contributed by atoms with Crippen LogP contribution in [0, 0.1) is 17.5 Å². The van der Waals surface area contributed by atoms with Gasteiger partial charge in [-0.3, -0.25) is 4.90 Å². The number of nitrogen functional groups attached to an aromatic ring is 1. The molecule has 2 aromatic carbocycles. The smallest absolute Gasteiger partial charge is 0.319 e. The lowest BCUT2D eigenvalue weighted by atomic mass is 9.95. The molecule has 6 heterocycles. The van der Waals surface area contributed by atoms with Gasteiger partial charge in [-0.1, -0.05) is 12.1 Å². The SMILES string of the molecule is COCOc1cc(-c2nc3c4c(nc(OC[C@@]56CCCN5C[C@H](F)C6)nc4c2F)N(C(C)c2cccnc2N)CCO3)c2c(F)c(F)ccc2c1. The number of nitrogens with two attached hydrogens (primary N) is 1. The second-order valence-corrected chi connectivity index (χ2v) is 13.2. The normalized spacial score (nSPS) is 20.7. The van der Waals surface area contributed by atoms with Crippen LogP contribution in [0.5, 0.6) is 17.6 Å². The van der Waals surface area contributed by atoms with E-state index in [1.807, 2.05) is 17.9 Å². The van der Waals surface area contributed by atoms with Gasteiger partial charge in [0, 0.05) is 42.8 Å². The fourth-order valence-electron chi connectivity index (χ4n) is 7.75. The van der Waals surface area contributed by atoms with E-state index >= 15 is 8.78 Å². The van der Waals surface area contributed by atoms with Gasteiger partial charge in [-0.2, -0.15) is 9.97 Å². The van der Waals surface area contributed by atoms with E-state index in [0.29, 0.717) is 24.3 Å². The predicted octanol–water partition coefficient (Wildman–Crippen LogP) is 6.14. The van der Waals surface area contributed by atoms with Crippen molar-refractivity contribution in [2.75, 3.05) is 57.4 Å². The highest BCUT2D eigenvalue weighted by Crippen LogP contribution is 2.45. The van der Waals surface area contributed by atoms with Crippen LogP contribution in [0.4, 0.5) is 29.2 Å². The van der Waals surface area contributed by atoms with Crippen LogP contribution in [0.1, 0.15) is 37.8 Å². The molecule has 15 heteroatoms. The Balaban J connectivity index is 1.33. The van der Waals surface area contributed by atoms with E-state index in [-0.39, 0.29) is 82.9 Å². The molecule has 8 rings (SSSR count). The maximum absolute atomic E-state index is 17.2. The Morgan fingerprint density at radius 3 is 2.75 bits per heavy atom. The molecule has 2 saturated heterocycles. The largest absolute Gasteiger partial charge is 0.475 e. The molecular formula is C36H35F4N7O4. The summed E-state index contributed by atoms with van der Waals surface area (Å²) in [5, 5.41) is 0.195. The van der Waals surface area contributed by atoms with Gasteiger partial charge in [0.1, 0.15) is 53.4 Å². The molecular weight excluding hydrogens is 670 g/mol. The van der Waals surface area contributed by atoms with Gasteiger partial charge in [-0.15, -0.1) is 0 Å². The monoisotopic (exact) mass is 705 g/mol. The molecule has 2 fully saturated rings. The third-order valence-corrected chi connectivity index (χ3v) is 10.2. The molecule has 0 saturated carbocycles. The molecule has 3 atom stereocenters. The topological polar surface area (TPSA) is 121 Å². The molecule has 51 heavy (non-hydrogen) atoms. The maximum atomic E-state index is 17.2. The molecule has 0 spiro atoms. The number of methoxy groups -OCH3 is 1. The van der Waals surface area contributed by atoms with Crippen LogP contribution in [0.3, 0.4) is 0 Å². The van der Waals surface area contributed by atoms with E-state index in [1.54, 1.807) is 12.3 Å². The molecule has 5 aromatic rings. The Labute approximate surface area is 290 Å². The number of pyridine rings is 2. The summed E-state index contributed by atoms with van der Waals surface area (Å²) in [6.07, 6.45) is 2.57. The van der Waals surface area contributed by atoms with Crippen molar-refractivity contribution in [3.63, 3.8) is 0 Å². The van der Waals surface area contributed by atoms with Gasteiger partial charge in [-0.25, -0.2) is 27.5 Å². The Bertz CT molecular complexity index is 2160. The summed E-state index contributed by atoms with van der Waals surface area (Å²) >= 11 is 0. The fraction of sp³-hybridized carbons (Fsp3) is 0.389. The highest BCUT2D eigenvalue weighted by atomic mass is 19.2. The molecule has 0 radical (unpaired) electrons. The van der Waals surface area contributed by atoms with Gasteiger partial charge in [-0.05, 0) is 56.0 Å². The first kappa shape index (κ1) is 33.1. The number of hydrogen-bond donors (Lipinski definition) is 1. The summed E-state index contributed by atoms with van der Waals surface area (Å²) in [6, 6.07) is 8.28. The van der Waals surface area contributed by atoms with Gasteiger partial charge in [0.05, 0.1) is 18.1 Å². The first-order valence-electron chi connectivity index (χ1n) is 16.7. The van der Waals surface area contributed by atoms with Crippen LogP contribution >= 0.6 is 0 Å². The standard InChI is InChI=1S/C36H35F4N7O4/c1-19(23-5-3-9-42-32(23)41)47-11-12-49-34-27-31(44-35(45-33(27)47)50-17-36-8-4-10-46(36)16-21(37)15-36)29(40)30(43-34)24-14-22(51-18-48-2)13-20-6-7-25(38)28(39)26(20)24/h3,5-7,9,13-14,19,21H,4,8,10-12,15-18H2,1-2H3,(H2,41,42)/t19?,21-,36+/m1/s1. The lowest BCUT2D eigenvalue weighted by Crippen LogP contribution is -2.43. The minimum atomic E-state index is -1.18. The van der Waals surface area contributed by atoms with Crippen LogP contribution in [0.2, 0.25) is 0 Å². The third-order valence-electron chi connectivity index (χ3n) is 10.2. The number of anilines is 2. The van der Waals surface area contributed by atoms with E-state index in [0.717, 1.165) is 25.5 Å². The van der Waals surface area contributed by atoms with Crippen molar-refractivity contribution >= 4 is 33.3 Å². The number of ether oxygens (including phenoxy) is 4. The minimum Gasteiger partial charge on any atom is -0.475 e. The number of nitrogens with zero attached hydrogens (tertiary/aromatic N) is 6. The summed E-state index contributed by atoms with van der Waals surface area (Å²) in [5.41, 5.74) is 5.81. The van der Waals surface area contributed by atoms with Crippen molar-refractivity contribution in [2.24, 2.45) is 0 Å². The molecule has 2 N–H and O–H groups in total. The number of halogens is 4. The summed E-state index contributed by atoms with van der Waals surface area (Å²) in [7, 11) is 1.43. The molecule has 1 unspecified atom stereocenters. The number of alkyl halides is 1. The van der Waals surface area contributed by atoms with Crippen LogP contribution < -0.4 is 24.8 Å². The van der Waals surface area contributed by atoms with Gasteiger partial charge >= 0.3 is 6.01 Å². The predicted molar refractivity (Wildman–Crippen MR) is 181 cm³/mol. The van der Waals surface area contributed by atoms with Gasteiger partial charge in [0.2, 0.25) is 5.88 Å². The number of benzene rings is 2. The van der Waals surface area contributed by atoms with E-state index in [1.165, 1.54) is 25.3 Å². The number of hydrogen-bond acceptors (Lipinski definition) is 11. The van der Waals surface area contributed by atoms with Crippen molar-refractivity contribution < 1.29 is 36.5 Å². The van der Waals surface area contributed by atoms with E-state index in [9.17, 15) is 8.78 Å². The lowest BCUT2D eigenvalue weighted by molar-refractivity contribution is 0.0512. The second kappa shape index (κ2) is 12.9. The van der Waals surface area contributed by atoms with Crippen LogP contribution in [-0.4, -0.2) is 83.3 Å². The summed E-state index contributed by atoms with van der Waals surface area (Å²) in [4.78, 5) is 22.1. The molecule has 3 aromatic heterocycles. The average molecular weight is 706 g/mol. The zero-order valence-corrected chi connectivity index (χ0v) is 28.0. The summed E-state index contributed by atoms with van der Waals surface area (Å²) in [6.45, 7) is 3.32. The molecule has 266 valence electrons. The third kappa shape index (κ3) is 5.68.